The van der Waals surface area contributed by atoms with Gasteiger partial charge in [0.1, 0.15) is 0 Å². The Hall–Kier alpha value is -3.06. The van der Waals surface area contributed by atoms with Crippen molar-refractivity contribution in [2.45, 2.75) is 19.9 Å². The van der Waals surface area contributed by atoms with Crippen LogP contribution < -0.4 is 15.4 Å². The maximum Gasteiger partial charge on any atom is 0.338 e. The van der Waals surface area contributed by atoms with Crippen LogP contribution in [-0.4, -0.2) is 29.4 Å². The Bertz CT molecular complexity index is 912. The van der Waals surface area contributed by atoms with Gasteiger partial charge in [-0.2, -0.15) is 0 Å². The summed E-state index contributed by atoms with van der Waals surface area (Å²) in [6.07, 6.45) is 0. The molecule has 0 amide bonds. The summed E-state index contributed by atoms with van der Waals surface area (Å²) in [6, 6.07) is 13.9. The molecular weight excluding hydrogens is 376 g/mol. The van der Waals surface area contributed by atoms with Gasteiger partial charge in [-0.05, 0) is 49.3 Å². The van der Waals surface area contributed by atoms with Crippen molar-refractivity contribution in [2.24, 2.45) is 0 Å². The van der Waals surface area contributed by atoms with Crippen LogP contribution >= 0.6 is 12.2 Å². The Morgan fingerprint density at radius 3 is 2.57 bits per heavy atom. The number of hydrogen-bond donors (Lipinski definition) is 3. The monoisotopic (exact) mass is 398 g/mol. The summed E-state index contributed by atoms with van der Waals surface area (Å²) in [5.74, 6) is -0.0670. The maximum atomic E-state index is 12.9. The SMILES string of the molecule is CCOC(=O)C1=C(c2ccccc2)NC(=S)N[C@@H]1c1ccc(O)c(OCC)c1. The summed E-state index contributed by atoms with van der Waals surface area (Å²) >= 11 is 5.38. The predicted molar refractivity (Wildman–Crippen MR) is 111 cm³/mol. The molecule has 0 saturated carbocycles. The van der Waals surface area contributed by atoms with Gasteiger partial charge < -0.3 is 25.2 Å². The number of carbonyl (C=O) groups is 1. The average Bonchev–Trinajstić information content (AvgIpc) is 2.70. The molecule has 146 valence electrons. The van der Waals surface area contributed by atoms with Gasteiger partial charge in [0.2, 0.25) is 0 Å². The van der Waals surface area contributed by atoms with Crippen LogP contribution in [0.2, 0.25) is 0 Å². The van der Waals surface area contributed by atoms with E-state index in [1.54, 1.807) is 19.1 Å². The highest BCUT2D eigenvalue weighted by Crippen LogP contribution is 2.36. The normalized spacial score (nSPS) is 16.2. The highest BCUT2D eigenvalue weighted by molar-refractivity contribution is 7.80. The van der Waals surface area contributed by atoms with Gasteiger partial charge in [-0.15, -0.1) is 0 Å². The van der Waals surface area contributed by atoms with Gasteiger partial charge in [0.15, 0.2) is 16.6 Å². The molecule has 0 unspecified atom stereocenters. The van der Waals surface area contributed by atoms with Crippen molar-refractivity contribution in [2.75, 3.05) is 13.2 Å². The van der Waals surface area contributed by atoms with Gasteiger partial charge in [-0.3, -0.25) is 0 Å². The topological polar surface area (TPSA) is 79.8 Å². The second-order valence-corrected chi connectivity index (χ2v) is 6.48. The number of ether oxygens (including phenoxy) is 2. The van der Waals surface area contributed by atoms with Crippen LogP contribution in [-0.2, 0) is 9.53 Å². The quantitative estimate of drug-likeness (QED) is 0.509. The van der Waals surface area contributed by atoms with Gasteiger partial charge in [-0.1, -0.05) is 36.4 Å². The Kier molecular flexibility index (Phi) is 6.16. The molecule has 0 aliphatic carbocycles. The number of nitrogens with one attached hydrogen (secondary N) is 2. The van der Waals surface area contributed by atoms with E-state index in [0.29, 0.717) is 28.7 Å². The van der Waals surface area contributed by atoms with E-state index in [9.17, 15) is 9.90 Å². The first kappa shape index (κ1) is 19.7. The predicted octanol–water partition coefficient (Wildman–Crippen LogP) is 3.28. The van der Waals surface area contributed by atoms with Crippen LogP contribution in [0.5, 0.6) is 11.5 Å². The maximum absolute atomic E-state index is 12.9. The third-order valence-corrected chi connectivity index (χ3v) is 4.47. The molecule has 3 rings (SSSR count). The number of esters is 1. The lowest BCUT2D eigenvalue weighted by molar-refractivity contribution is -0.138. The highest BCUT2D eigenvalue weighted by Gasteiger charge is 2.33. The van der Waals surface area contributed by atoms with E-state index < -0.39 is 12.0 Å². The highest BCUT2D eigenvalue weighted by atomic mass is 32.1. The third kappa shape index (κ3) is 4.09. The number of phenols is 1. The molecule has 3 N–H and O–H groups in total. The lowest BCUT2D eigenvalue weighted by Crippen LogP contribution is -2.45. The number of aromatic hydroxyl groups is 1. The van der Waals surface area contributed by atoms with Crippen LogP contribution in [0.25, 0.3) is 5.70 Å². The molecule has 0 aromatic heterocycles. The Labute approximate surface area is 169 Å². The lowest BCUT2D eigenvalue weighted by atomic mass is 9.92. The summed E-state index contributed by atoms with van der Waals surface area (Å²) in [5, 5.41) is 16.6. The zero-order valence-corrected chi connectivity index (χ0v) is 16.5. The second kappa shape index (κ2) is 8.75. The van der Waals surface area contributed by atoms with E-state index in [1.165, 1.54) is 6.07 Å². The average molecular weight is 398 g/mol. The molecule has 2 aromatic carbocycles. The van der Waals surface area contributed by atoms with Crippen LogP contribution in [0.3, 0.4) is 0 Å². The van der Waals surface area contributed by atoms with Gasteiger partial charge in [0, 0.05) is 0 Å². The molecule has 1 atom stereocenters. The van der Waals surface area contributed by atoms with Crippen molar-refractivity contribution in [3.05, 3.63) is 65.2 Å². The fourth-order valence-electron chi connectivity index (χ4n) is 3.06. The molecule has 7 heteroatoms. The molecule has 28 heavy (non-hydrogen) atoms. The zero-order chi connectivity index (χ0) is 20.1. The van der Waals surface area contributed by atoms with E-state index in [2.05, 4.69) is 10.6 Å². The summed E-state index contributed by atoms with van der Waals surface area (Å²) in [5.41, 5.74) is 2.55. The second-order valence-electron chi connectivity index (χ2n) is 6.07. The van der Waals surface area contributed by atoms with Crippen LogP contribution in [0.4, 0.5) is 0 Å². The number of thiocarbonyl (C=S) groups is 1. The lowest BCUT2D eigenvalue weighted by Gasteiger charge is -2.31. The number of hydrogen-bond acceptors (Lipinski definition) is 5. The largest absolute Gasteiger partial charge is 0.504 e. The molecule has 0 spiro atoms. The first-order chi connectivity index (χ1) is 13.5. The number of phenolic OH excluding ortho intramolecular Hbond substituents is 1. The summed E-state index contributed by atoms with van der Waals surface area (Å²) < 4.78 is 10.8. The number of benzene rings is 2. The molecule has 6 nitrogen and oxygen atoms in total. The zero-order valence-electron chi connectivity index (χ0n) is 15.7. The minimum Gasteiger partial charge on any atom is -0.504 e. The van der Waals surface area contributed by atoms with Crippen LogP contribution in [0.1, 0.15) is 31.0 Å². The van der Waals surface area contributed by atoms with Gasteiger partial charge in [0.05, 0.1) is 30.5 Å². The van der Waals surface area contributed by atoms with E-state index >= 15 is 0 Å². The van der Waals surface area contributed by atoms with Crippen molar-refractivity contribution in [3.8, 4) is 11.5 Å². The van der Waals surface area contributed by atoms with Crippen molar-refractivity contribution in [1.82, 2.24) is 10.6 Å². The molecule has 0 fully saturated rings. The molecule has 1 aliphatic heterocycles. The molecule has 0 saturated heterocycles. The summed E-state index contributed by atoms with van der Waals surface area (Å²) in [6.45, 7) is 4.26. The molecular formula is C21H22N2O4S. The summed E-state index contributed by atoms with van der Waals surface area (Å²) in [7, 11) is 0. The van der Waals surface area contributed by atoms with Crippen LogP contribution in [0, 0.1) is 0 Å². The Morgan fingerprint density at radius 2 is 1.89 bits per heavy atom. The Balaban J connectivity index is 2.16. The molecule has 0 radical (unpaired) electrons. The van der Waals surface area contributed by atoms with Gasteiger partial charge in [0.25, 0.3) is 0 Å². The smallest absolute Gasteiger partial charge is 0.338 e. The van der Waals surface area contributed by atoms with Crippen LogP contribution in [0.15, 0.2) is 54.1 Å². The first-order valence-electron chi connectivity index (χ1n) is 9.05. The third-order valence-electron chi connectivity index (χ3n) is 4.25. The van der Waals surface area contributed by atoms with Crippen molar-refractivity contribution in [1.29, 1.82) is 0 Å². The molecule has 1 aliphatic rings. The minimum absolute atomic E-state index is 0.0343. The summed E-state index contributed by atoms with van der Waals surface area (Å²) in [4.78, 5) is 12.9. The molecule has 0 bridgehead atoms. The minimum atomic E-state index is -0.553. The van der Waals surface area contributed by atoms with Crippen molar-refractivity contribution < 1.29 is 19.4 Å². The Morgan fingerprint density at radius 1 is 1.14 bits per heavy atom. The molecule has 1 heterocycles. The fourth-order valence-corrected chi connectivity index (χ4v) is 3.28. The van der Waals surface area contributed by atoms with Crippen molar-refractivity contribution >= 4 is 29.0 Å². The molecule has 2 aromatic rings. The van der Waals surface area contributed by atoms with Gasteiger partial charge in [-0.25, -0.2) is 4.79 Å². The number of carbonyl (C=O) groups excluding carboxylic acids is 1. The van der Waals surface area contributed by atoms with E-state index in [-0.39, 0.29) is 12.4 Å². The number of rotatable bonds is 6. The first-order valence-corrected chi connectivity index (χ1v) is 9.45. The van der Waals surface area contributed by atoms with E-state index in [1.807, 2.05) is 37.3 Å². The van der Waals surface area contributed by atoms with E-state index in [0.717, 1.165) is 11.1 Å². The standard InChI is InChI=1S/C21H22N2O4S/c1-3-26-16-12-14(10-11-15(16)24)19-17(20(25)27-4-2)18(22-21(28)23-19)13-8-6-5-7-9-13/h5-12,19,24H,3-4H2,1-2H3,(H2,22,23,28)/t19-/m1/s1. The fraction of sp³-hybridized carbons (Fsp3) is 0.238. The van der Waals surface area contributed by atoms with Gasteiger partial charge >= 0.3 is 5.97 Å². The van der Waals surface area contributed by atoms with Crippen molar-refractivity contribution in [3.63, 3.8) is 0 Å². The van der Waals surface area contributed by atoms with E-state index in [4.69, 9.17) is 21.7 Å².